The molecule has 0 spiro atoms. The fraction of sp³-hybridized carbons (Fsp3) is 0.556. The molecule has 1 aromatic carbocycles. The Hall–Kier alpha value is -1.88. The number of nitrogens with zero attached hydrogens (tertiary/aromatic N) is 2. The van der Waals surface area contributed by atoms with Crippen molar-refractivity contribution < 1.29 is 13.9 Å². The van der Waals surface area contributed by atoms with E-state index in [0.29, 0.717) is 13.0 Å². The maximum atomic E-state index is 12.5. The quantitative estimate of drug-likeness (QED) is 0.873. The van der Waals surface area contributed by atoms with E-state index in [4.69, 9.17) is 9.15 Å². The molecular weight excluding hydrogens is 292 g/mol. The van der Waals surface area contributed by atoms with Gasteiger partial charge in [0, 0.05) is 19.7 Å². The van der Waals surface area contributed by atoms with Gasteiger partial charge in [-0.05, 0) is 37.8 Å². The minimum Gasteiger partial charge on any atom is -0.440 e. The van der Waals surface area contributed by atoms with E-state index in [2.05, 4.69) is 4.98 Å². The van der Waals surface area contributed by atoms with Crippen LogP contribution in [-0.2, 0) is 9.53 Å². The molecule has 2 saturated heterocycles. The summed E-state index contributed by atoms with van der Waals surface area (Å²) in [5.41, 5.74) is 1.72. The van der Waals surface area contributed by atoms with Gasteiger partial charge in [0.15, 0.2) is 11.5 Å². The first-order chi connectivity index (χ1) is 11.3. The summed E-state index contributed by atoms with van der Waals surface area (Å²) in [6.45, 7) is 2.34. The van der Waals surface area contributed by atoms with Gasteiger partial charge in [-0.15, -0.1) is 0 Å². The van der Waals surface area contributed by atoms with Crippen LogP contribution in [0.4, 0.5) is 0 Å². The van der Waals surface area contributed by atoms with Gasteiger partial charge in [-0.25, -0.2) is 4.98 Å². The Morgan fingerprint density at radius 2 is 2.17 bits per heavy atom. The van der Waals surface area contributed by atoms with Gasteiger partial charge < -0.3 is 14.1 Å². The number of carbonyl (C=O) groups excluding carboxylic acids is 1. The van der Waals surface area contributed by atoms with Crippen LogP contribution in [-0.4, -0.2) is 41.6 Å². The standard InChI is InChI=1S/C18H22N2O3/c21-17(11-14-6-4-10-22-14)20-9-3-5-13(12-20)18-19-15-7-1-2-8-16(15)23-18/h1-2,7-8,13-14H,3-6,9-12H2/t13-,14+/m0/s1. The molecule has 4 rings (SSSR count). The Bertz CT molecular complexity index is 657. The maximum Gasteiger partial charge on any atom is 0.225 e. The van der Waals surface area contributed by atoms with E-state index in [1.54, 1.807) is 0 Å². The monoisotopic (exact) mass is 314 g/mol. The van der Waals surface area contributed by atoms with Crippen molar-refractivity contribution in [1.29, 1.82) is 0 Å². The second-order valence-electron chi connectivity index (χ2n) is 6.54. The molecule has 5 heteroatoms. The second kappa shape index (κ2) is 6.32. The topological polar surface area (TPSA) is 55.6 Å². The van der Waals surface area contributed by atoms with Crippen molar-refractivity contribution in [1.82, 2.24) is 9.88 Å². The summed E-state index contributed by atoms with van der Waals surface area (Å²) in [6, 6.07) is 7.82. The van der Waals surface area contributed by atoms with Gasteiger partial charge in [0.1, 0.15) is 5.52 Å². The number of para-hydroxylation sites is 2. The van der Waals surface area contributed by atoms with E-state index < -0.39 is 0 Å². The molecule has 3 heterocycles. The van der Waals surface area contributed by atoms with Gasteiger partial charge in [-0.1, -0.05) is 12.1 Å². The Morgan fingerprint density at radius 1 is 1.26 bits per heavy atom. The number of likely N-dealkylation sites (tertiary alicyclic amines) is 1. The fourth-order valence-electron chi connectivity index (χ4n) is 3.60. The number of hydrogen-bond donors (Lipinski definition) is 0. The summed E-state index contributed by atoms with van der Waals surface area (Å²) >= 11 is 0. The number of rotatable bonds is 3. The van der Waals surface area contributed by atoms with Crippen LogP contribution >= 0.6 is 0 Å². The molecule has 2 aliphatic heterocycles. The molecule has 2 aromatic rings. The molecule has 2 aliphatic rings. The molecule has 0 unspecified atom stereocenters. The number of amides is 1. The van der Waals surface area contributed by atoms with Gasteiger partial charge in [-0.3, -0.25) is 4.79 Å². The normalized spacial score (nSPS) is 25.1. The largest absolute Gasteiger partial charge is 0.440 e. The highest BCUT2D eigenvalue weighted by atomic mass is 16.5. The predicted octanol–water partition coefficient (Wildman–Crippen LogP) is 3.10. The number of benzene rings is 1. The number of oxazole rings is 1. The number of piperidine rings is 1. The van der Waals surface area contributed by atoms with Gasteiger partial charge >= 0.3 is 0 Å². The van der Waals surface area contributed by atoms with Crippen LogP contribution in [0.2, 0.25) is 0 Å². The van der Waals surface area contributed by atoms with E-state index in [0.717, 1.165) is 55.8 Å². The lowest BCUT2D eigenvalue weighted by Gasteiger charge is -2.32. The van der Waals surface area contributed by atoms with Gasteiger partial charge in [-0.2, -0.15) is 0 Å². The number of hydrogen-bond acceptors (Lipinski definition) is 4. The van der Waals surface area contributed by atoms with Crippen molar-refractivity contribution in [3.8, 4) is 0 Å². The predicted molar refractivity (Wildman–Crippen MR) is 86.2 cm³/mol. The highest BCUT2D eigenvalue weighted by Crippen LogP contribution is 2.29. The molecule has 0 aliphatic carbocycles. The van der Waals surface area contributed by atoms with E-state index in [1.165, 1.54) is 0 Å². The van der Waals surface area contributed by atoms with Crippen molar-refractivity contribution >= 4 is 17.0 Å². The SMILES string of the molecule is O=C(C[C@H]1CCCO1)N1CCC[C@H](c2nc3ccccc3o2)C1. The molecular formula is C18H22N2O3. The Kier molecular flexibility index (Phi) is 4.04. The molecule has 2 fully saturated rings. The lowest BCUT2D eigenvalue weighted by molar-refractivity contribution is -0.134. The Labute approximate surface area is 135 Å². The third kappa shape index (κ3) is 3.11. The number of ether oxygens (including phenoxy) is 1. The minimum absolute atomic E-state index is 0.118. The number of carbonyl (C=O) groups is 1. The minimum atomic E-state index is 0.118. The summed E-state index contributed by atoms with van der Waals surface area (Å²) in [7, 11) is 0. The molecule has 5 nitrogen and oxygen atoms in total. The molecule has 0 N–H and O–H groups in total. The fourth-order valence-corrected chi connectivity index (χ4v) is 3.60. The van der Waals surface area contributed by atoms with Crippen molar-refractivity contribution in [2.45, 2.75) is 44.1 Å². The summed E-state index contributed by atoms with van der Waals surface area (Å²) in [4.78, 5) is 19.1. The van der Waals surface area contributed by atoms with E-state index in [-0.39, 0.29) is 17.9 Å². The zero-order valence-electron chi connectivity index (χ0n) is 13.2. The zero-order chi connectivity index (χ0) is 15.6. The average molecular weight is 314 g/mol. The lowest BCUT2D eigenvalue weighted by Crippen LogP contribution is -2.40. The molecule has 0 saturated carbocycles. The second-order valence-corrected chi connectivity index (χ2v) is 6.54. The van der Waals surface area contributed by atoms with Crippen molar-refractivity contribution in [3.63, 3.8) is 0 Å². The summed E-state index contributed by atoms with van der Waals surface area (Å²) in [5, 5.41) is 0. The van der Waals surface area contributed by atoms with Crippen molar-refractivity contribution in [2.24, 2.45) is 0 Å². The average Bonchev–Trinajstić information content (AvgIpc) is 3.24. The van der Waals surface area contributed by atoms with Crippen LogP contribution in [0.5, 0.6) is 0 Å². The summed E-state index contributed by atoms with van der Waals surface area (Å²) in [5.74, 6) is 1.17. The molecule has 0 radical (unpaired) electrons. The first-order valence-electron chi connectivity index (χ1n) is 8.54. The third-order valence-electron chi connectivity index (χ3n) is 4.86. The molecule has 1 amide bonds. The Balaban J connectivity index is 1.44. The molecule has 122 valence electrons. The van der Waals surface area contributed by atoms with Crippen LogP contribution in [0.3, 0.4) is 0 Å². The van der Waals surface area contributed by atoms with E-state index in [9.17, 15) is 4.79 Å². The highest BCUT2D eigenvalue weighted by molar-refractivity contribution is 5.77. The molecule has 2 atom stereocenters. The first kappa shape index (κ1) is 14.7. The summed E-state index contributed by atoms with van der Waals surface area (Å²) < 4.78 is 11.5. The number of aromatic nitrogens is 1. The van der Waals surface area contributed by atoms with Crippen LogP contribution in [0.25, 0.3) is 11.1 Å². The van der Waals surface area contributed by atoms with E-state index >= 15 is 0 Å². The summed E-state index contributed by atoms with van der Waals surface area (Å²) in [6.07, 6.45) is 4.74. The highest BCUT2D eigenvalue weighted by Gasteiger charge is 2.30. The van der Waals surface area contributed by atoms with Gasteiger partial charge in [0.25, 0.3) is 0 Å². The van der Waals surface area contributed by atoms with Crippen molar-refractivity contribution in [2.75, 3.05) is 19.7 Å². The van der Waals surface area contributed by atoms with Gasteiger partial charge in [0.05, 0.1) is 18.4 Å². The van der Waals surface area contributed by atoms with Crippen LogP contribution in [0, 0.1) is 0 Å². The van der Waals surface area contributed by atoms with Crippen LogP contribution < -0.4 is 0 Å². The Morgan fingerprint density at radius 3 is 3.00 bits per heavy atom. The van der Waals surface area contributed by atoms with E-state index in [1.807, 2.05) is 29.2 Å². The maximum absolute atomic E-state index is 12.5. The van der Waals surface area contributed by atoms with Crippen molar-refractivity contribution in [3.05, 3.63) is 30.2 Å². The smallest absolute Gasteiger partial charge is 0.225 e. The van der Waals surface area contributed by atoms with Gasteiger partial charge in [0.2, 0.25) is 5.91 Å². The molecule has 0 bridgehead atoms. The number of fused-ring (bicyclic) bond motifs is 1. The molecule has 1 aromatic heterocycles. The van der Waals surface area contributed by atoms with Crippen LogP contribution in [0.15, 0.2) is 28.7 Å². The zero-order valence-corrected chi connectivity index (χ0v) is 13.2. The first-order valence-corrected chi connectivity index (χ1v) is 8.54. The molecule has 23 heavy (non-hydrogen) atoms. The van der Waals surface area contributed by atoms with Crippen LogP contribution in [0.1, 0.15) is 43.9 Å². The third-order valence-corrected chi connectivity index (χ3v) is 4.86. The lowest BCUT2D eigenvalue weighted by atomic mass is 9.97.